The van der Waals surface area contributed by atoms with Crippen molar-refractivity contribution >= 4 is 15.7 Å². The lowest BCUT2D eigenvalue weighted by molar-refractivity contribution is -0.134. The molecule has 0 saturated heterocycles. The average Bonchev–Trinajstić information content (AvgIpc) is 3.04. The Bertz CT molecular complexity index is 792. The van der Waals surface area contributed by atoms with Crippen molar-refractivity contribution in [2.24, 2.45) is 5.92 Å². The lowest BCUT2D eigenvalue weighted by Crippen LogP contribution is -2.41. The van der Waals surface area contributed by atoms with Crippen LogP contribution in [-0.2, 0) is 27.6 Å². The average molecular weight is 363 g/mol. The fourth-order valence-corrected chi connectivity index (χ4v) is 3.15. The van der Waals surface area contributed by atoms with E-state index in [2.05, 4.69) is 13.8 Å². The summed E-state index contributed by atoms with van der Waals surface area (Å²) in [6, 6.07) is 10.2. The van der Waals surface area contributed by atoms with Crippen LogP contribution in [0.15, 0.2) is 52.0 Å². The highest BCUT2D eigenvalue weighted by atomic mass is 32.2. The minimum absolute atomic E-state index is 0.00953. The highest BCUT2D eigenvalue weighted by Gasteiger charge is 2.24. The van der Waals surface area contributed by atoms with E-state index in [9.17, 15) is 13.2 Å². The Hall–Kier alpha value is -2.08. The van der Waals surface area contributed by atoms with E-state index in [1.165, 1.54) is 6.26 Å². The molecule has 1 amide bonds. The molecule has 0 unspecified atom stereocenters. The van der Waals surface area contributed by atoms with Gasteiger partial charge in [0.2, 0.25) is 5.91 Å². The molecule has 0 spiro atoms. The van der Waals surface area contributed by atoms with Gasteiger partial charge < -0.3 is 9.32 Å². The second kappa shape index (κ2) is 7.87. The summed E-state index contributed by atoms with van der Waals surface area (Å²) in [5, 5.41) is 0. The first-order valence-corrected chi connectivity index (χ1v) is 10.2. The highest BCUT2D eigenvalue weighted by Crippen LogP contribution is 2.18. The number of nitrogens with zero attached hydrogens (tertiary/aromatic N) is 1. The lowest BCUT2D eigenvalue weighted by atomic mass is 10.0. The molecule has 1 heterocycles. The van der Waals surface area contributed by atoms with Crippen LogP contribution < -0.4 is 0 Å². The molecule has 0 aliphatic carbocycles. The van der Waals surface area contributed by atoms with Crippen molar-refractivity contribution in [3.05, 3.63) is 54.0 Å². The molecule has 1 atom stereocenters. The van der Waals surface area contributed by atoms with Crippen LogP contribution in [0.5, 0.6) is 0 Å². The Morgan fingerprint density at radius 3 is 2.24 bits per heavy atom. The van der Waals surface area contributed by atoms with Gasteiger partial charge in [-0.25, -0.2) is 8.42 Å². The number of hydrogen-bond acceptors (Lipinski definition) is 4. The largest absolute Gasteiger partial charge is 0.467 e. The smallest absolute Gasteiger partial charge is 0.227 e. The summed E-state index contributed by atoms with van der Waals surface area (Å²) in [7, 11) is -3.23. The van der Waals surface area contributed by atoms with Crippen LogP contribution in [-0.4, -0.2) is 31.5 Å². The molecule has 0 bridgehead atoms. The molecule has 6 heteroatoms. The van der Waals surface area contributed by atoms with Gasteiger partial charge in [0.1, 0.15) is 5.76 Å². The van der Waals surface area contributed by atoms with Crippen LogP contribution in [0, 0.1) is 5.92 Å². The Kier molecular flexibility index (Phi) is 6.06. The Balaban J connectivity index is 2.15. The first kappa shape index (κ1) is 19.2. The maximum Gasteiger partial charge on any atom is 0.227 e. The molecule has 0 fully saturated rings. The molecule has 1 aromatic carbocycles. The fourth-order valence-electron chi connectivity index (χ4n) is 2.52. The second-order valence-corrected chi connectivity index (χ2v) is 8.69. The fraction of sp³-hybridized carbons (Fsp3) is 0.421. The van der Waals surface area contributed by atoms with Gasteiger partial charge in [0, 0.05) is 12.3 Å². The SMILES string of the molecule is CC(C)[C@H](C)N(Cc1ccco1)C(=O)Cc1ccc(S(C)(=O)=O)cc1. The number of carbonyl (C=O) groups excluding carboxylic acids is 1. The van der Waals surface area contributed by atoms with Gasteiger partial charge in [0.25, 0.3) is 0 Å². The summed E-state index contributed by atoms with van der Waals surface area (Å²) in [4.78, 5) is 14.9. The van der Waals surface area contributed by atoms with E-state index in [1.807, 2.05) is 24.0 Å². The lowest BCUT2D eigenvalue weighted by Gasteiger charge is -2.31. The molecule has 25 heavy (non-hydrogen) atoms. The minimum Gasteiger partial charge on any atom is -0.467 e. The Morgan fingerprint density at radius 2 is 1.76 bits per heavy atom. The number of sulfone groups is 1. The standard InChI is InChI=1S/C19H25NO4S/c1-14(2)15(3)20(13-17-6-5-11-24-17)19(21)12-16-7-9-18(10-8-16)25(4,22)23/h5-11,14-15H,12-13H2,1-4H3/t15-/m0/s1. The van der Waals surface area contributed by atoms with Crippen LogP contribution in [0.1, 0.15) is 32.1 Å². The van der Waals surface area contributed by atoms with Crippen molar-refractivity contribution < 1.29 is 17.6 Å². The van der Waals surface area contributed by atoms with E-state index < -0.39 is 9.84 Å². The molecule has 0 aliphatic heterocycles. The first-order chi connectivity index (χ1) is 11.7. The van der Waals surface area contributed by atoms with Gasteiger partial charge in [-0.15, -0.1) is 0 Å². The van der Waals surface area contributed by atoms with Gasteiger partial charge in [0.05, 0.1) is 24.1 Å². The van der Waals surface area contributed by atoms with E-state index in [1.54, 1.807) is 30.5 Å². The molecule has 0 radical (unpaired) electrons. The van der Waals surface area contributed by atoms with Crippen molar-refractivity contribution in [3.63, 3.8) is 0 Å². The number of rotatable bonds is 7. The third kappa shape index (κ3) is 5.19. The number of furan rings is 1. The minimum atomic E-state index is -3.23. The number of benzene rings is 1. The van der Waals surface area contributed by atoms with Crippen LogP contribution in [0.3, 0.4) is 0 Å². The normalized spacial score (nSPS) is 13.0. The first-order valence-electron chi connectivity index (χ1n) is 8.29. The third-order valence-corrected chi connectivity index (χ3v) is 5.52. The molecule has 0 N–H and O–H groups in total. The van der Waals surface area contributed by atoms with Crippen molar-refractivity contribution in [2.75, 3.05) is 6.26 Å². The second-order valence-electron chi connectivity index (χ2n) is 6.68. The maximum atomic E-state index is 12.8. The summed E-state index contributed by atoms with van der Waals surface area (Å²) in [6.45, 7) is 6.60. The van der Waals surface area contributed by atoms with E-state index >= 15 is 0 Å². The molecule has 5 nitrogen and oxygen atoms in total. The van der Waals surface area contributed by atoms with E-state index in [4.69, 9.17) is 4.42 Å². The van der Waals surface area contributed by atoms with Gasteiger partial charge in [-0.05, 0) is 42.7 Å². The third-order valence-electron chi connectivity index (χ3n) is 4.39. The monoisotopic (exact) mass is 363 g/mol. The van der Waals surface area contributed by atoms with Crippen molar-refractivity contribution in [3.8, 4) is 0 Å². The molecule has 0 saturated carbocycles. The summed E-state index contributed by atoms with van der Waals surface area (Å²) >= 11 is 0. The van der Waals surface area contributed by atoms with Crippen molar-refractivity contribution in [1.82, 2.24) is 4.90 Å². The van der Waals surface area contributed by atoms with Gasteiger partial charge in [0.15, 0.2) is 9.84 Å². The predicted octanol–water partition coefficient (Wildman–Crippen LogP) is 3.30. The molecule has 2 rings (SSSR count). The summed E-state index contributed by atoms with van der Waals surface area (Å²) in [6.07, 6.45) is 2.99. The zero-order valence-electron chi connectivity index (χ0n) is 15.1. The van der Waals surface area contributed by atoms with Crippen molar-refractivity contribution in [2.45, 2.75) is 44.7 Å². The van der Waals surface area contributed by atoms with Gasteiger partial charge in [-0.3, -0.25) is 4.79 Å². The predicted molar refractivity (Wildman–Crippen MR) is 96.8 cm³/mol. The van der Waals surface area contributed by atoms with Crippen LogP contribution in [0.25, 0.3) is 0 Å². The molecular weight excluding hydrogens is 338 g/mol. The molecule has 136 valence electrons. The quantitative estimate of drug-likeness (QED) is 0.757. The van der Waals surface area contributed by atoms with Crippen molar-refractivity contribution in [1.29, 1.82) is 0 Å². The number of carbonyl (C=O) groups is 1. The van der Waals surface area contributed by atoms with Gasteiger partial charge >= 0.3 is 0 Å². The Morgan fingerprint density at radius 1 is 1.12 bits per heavy atom. The molecule has 2 aromatic rings. The number of hydrogen-bond donors (Lipinski definition) is 0. The summed E-state index contributed by atoms with van der Waals surface area (Å²) in [5.41, 5.74) is 0.790. The van der Waals surface area contributed by atoms with E-state index in [-0.39, 0.29) is 23.3 Å². The van der Waals surface area contributed by atoms with Gasteiger partial charge in [-0.2, -0.15) is 0 Å². The zero-order chi connectivity index (χ0) is 18.6. The Labute approximate surface area is 149 Å². The van der Waals surface area contributed by atoms with Crippen LogP contribution >= 0.6 is 0 Å². The molecule has 1 aromatic heterocycles. The van der Waals surface area contributed by atoms with Gasteiger partial charge in [-0.1, -0.05) is 26.0 Å². The topological polar surface area (TPSA) is 67.6 Å². The van der Waals surface area contributed by atoms with E-state index in [0.717, 1.165) is 11.3 Å². The summed E-state index contributed by atoms with van der Waals surface area (Å²) < 4.78 is 28.4. The zero-order valence-corrected chi connectivity index (χ0v) is 15.9. The summed E-state index contributed by atoms with van der Waals surface area (Å²) in [5.74, 6) is 1.05. The van der Waals surface area contributed by atoms with E-state index in [0.29, 0.717) is 12.5 Å². The van der Waals surface area contributed by atoms with Crippen LogP contribution in [0.2, 0.25) is 0 Å². The number of amides is 1. The van der Waals surface area contributed by atoms with Crippen LogP contribution in [0.4, 0.5) is 0 Å². The highest BCUT2D eigenvalue weighted by molar-refractivity contribution is 7.90. The molecular formula is C19H25NO4S. The maximum absolute atomic E-state index is 12.8. The molecule has 0 aliphatic rings.